The van der Waals surface area contributed by atoms with Crippen LogP contribution in [0.3, 0.4) is 0 Å². The van der Waals surface area contributed by atoms with Crippen molar-refractivity contribution in [1.82, 2.24) is 0 Å². The van der Waals surface area contributed by atoms with Gasteiger partial charge in [0.05, 0.1) is 6.10 Å². The highest BCUT2D eigenvalue weighted by atomic mass is 16.5. The molecule has 3 rings (SSSR count). The monoisotopic (exact) mass is 362 g/mol. The summed E-state index contributed by atoms with van der Waals surface area (Å²) in [6.45, 7) is 2.30. The molecular weight excluding hydrogens is 336 g/mol. The van der Waals surface area contributed by atoms with Crippen LogP contribution in [-0.4, -0.2) is 22.9 Å². The zero-order valence-corrected chi connectivity index (χ0v) is 15.6. The molecule has 1 unspecified atom stereocenters. The molecule has 0 saturated carbocycles. The van der Waals surface area contributed by atoms with E-state index in [9.17, 15) is 10.2 Å². The van der Waals surface area contributed by atoms with Crippen molar-refractivity contribution < 1.29 is 14.9 Å². The van der Waals surface area contributed by atoms with Gasteiger partial charge in [-0.2, -0.15) is 0 Å². The third kappa shape index (κ3) is 4.38. The van der Waals surface area contributed by atoms with E-state index in [0.29, 0.717) is 13.0 Å². The van der Waals surface area contributed by atoms with E-state index in [2.05, 4.69) is 24.3 Å². The quantitative estimate of drug-likeness (QED) is 0.444. The lowest BCUT2D eigenvalue weighted by Gasteiger charge is -2.36. The number of aromatic hydroxyl groups is 1. The first kappa shape index (κ1) is 19.2. The largest absolute Gasteiger partial charge is 0.508 e. The van der Waals surface area contributed by atoms with Crippen molar-refractivity contribution in [3.63, 3.8) is 0 Å². The molecule has 0 bridgehead atoms. The van der Waals surface area contributed by atoms with Gasteiger partial charge in [0.1, 0.15) is 11.4 Å². The van der Waals surface area contributed by atoms with Crippen LogP contribution in [0.15, 0.2) is 84.9 Å². The molecule has 3 heteroatoms. The zero-order valence-electron chi connectivity index (χ0n) is 15.6. The van der Waals surface area contributed by atoms with Crippen LogP contribution in [0.1, 0.15) is 36.5 Å². The second-order valence-electron chi connectivity index (χ2n) is 6.80. The van der Waals surface area contributed by atoms with E-state index in [-0.39, 0.29) is 11.9 Å². The van der Waals surface area contributed by atoms with Crippen LogP contribution in [0.25, 0.3) is 0 Å². The van der Waals surface area contributed by atoms with E-state index in [1.165, 1.54) is 0 Å². The summed E-state index contributed by atoms with van der Waals surface area (Å²) in [5.74, 6) is 0.225. The molecule has 0 saturated heterocycles. The van der Waals surface area contributed by atoms with E-state index in [1.807, 2.05) is 48.5 Å². The number of ether oxygens (including phenoxy) is 1. The van der Waals surface area contributed by atoms with Crippen LogP contribution in [0.2, 0.25) is 0 Å². The fourth-order valence-corrected chi connectivity index (χ4v) is 3.40. The number of phenols is 1. The molecule has 140 valence electrons. The number of aliphatic hydroxyl groups is 1. The Labute approximate surface area is 160 Å². The lowest BCUT2D eigenvalue weighted by atomic mass is 9.80. The van der Waals surface area contributed by atoms with Gasteiger partial charge >= 0.3 is 0 Å². The van der Waals surface area contributed by atoms with Gasteiger partial charge in [0.15, 0.2) is 0 Å². The summed E-state index contributed by atoms with van der Waals surface area (Å²) in [6, 6.07) is 27.5. The molecule has 0 aliphatic heterocycles. The predicted octanol–water partition coefficient (Wildman–Crippen LogP) is 4.86. The minimum absolute atomic E-state index is 0.225. The van der Waals surface area contributed by atoms with E-state index in [0.717, 1.165) is 23.1 Å². The van der Waals surface area contributed by atoms with Gasteiger partial charge in [-0.05, 0) is 48.6 Å². The SMILES string of the molecule is CC(O)CCCOC(c1ccccc1)(c1ccccc1)c1ccc(O)cc1. The Hall–Kier alpha value is -2.62. The lowest BCUT2D eigenvalue weighted by Crippen LogP contribution is -2.33. The smallest absolute Gasteiger partial charge is 0.143 e. The summed E-state index contributed by atoms with van der Waals surface area (Å²) in [4.78, 5) is 0. The van der Waals surface area contributed by atoms with Gasteiger partial charge in [-0.1, -0.05) is 72.8 Å². The van der Waals surface area contributed by atoms with Crippen molar-refractivity contribution in [1.29, 1.82) is 0 Å². The fourth-order valence-electron chi connectivity index (χ4n) is 3.40. The van der Waals surface area contributed by atoms with Gasteiger partial charge in [0.2, 0.25) is 0 Å². The average Bonchev–Trinajstić information content (AvgIpc) is 2.70. The van der Waals surface area contributed by atoms with Gasteiger partial charge in [0.25, 0.3) is 0 Å². The van der Waals surface area contributed by atoms with Crippen molar-refractivity contribution >= 4 is 0 Å². The molecule has 3 aromatic rings. The summed E-state index contributed by atoms with van der Waals surface area (Å²) in [7, 11) is 0. The molecule has 27 heavy (non-hydrogen) atoms. The highest BCUT2D eigenvalue weighted by Gasteiger charge is 2.37. The van der Waals surface area contributed by atoms with Gasteiger partial charge in [0, 0.05) is 6.61 Å². The van der Waals surface area contributed by atoms with Crippen molar-refractivity contribution in [2.24, 2.45) is 0 Å². The molecule has 0 spiro atoms. The fraction of sp³-hybridized carbons (Fsp3) is 0.250. The molecule has 0 aliphatic rings. The molecule has 0 amide bonds. The molecule has 0 aromatic heterocycles. The van der Waals surface area contributed by atoms with Crippen LogP contribution in [-0.2, 0) is 10.3 Å². The first-order valence-corrected chi connectivity index (χ1v) is 9.35. The molecule has 1 atom stereocenters. The highest BCUT2D eigenvalue weighted by molar-refractivity contribution is 5.48. The topological polar surface area (TPSA) is 49.7 Å². The summed E-state index contributed by atoms with van der Waals surface area (Å²) in [6.07, 6.45) is 1.11. The van der Waals surface area contributed by atoms with E-state index < -0.39 is 5.60 Å². The number of hydrogen-bond donors (Lipinski definition) is 2. The maximum Gasteiger partial charge on any atom is 0.143 e. The molecule has 3 aromatic carbocycles. The van der Waals surface area contributed by atoms with Gasteiger partial charge in [-0.25, -0.2) is 0 Å². The van der Waals surface area contributed by atoms with Crippen molar-refractivity contribution in [3.8, 4) is 5.75 Å². The van der Waals surface area contributed by atoms with Gasteiger partial charge in [-0.15, -0.1) is 0 Å². The third-order valence-corrected chi connectivity index (χ3v) is 4.72. The number of aliphatic hydroxyl groups excluding tert-OH is 1. The molecular formula is C24H26O3. The number of rotatable bonds is 8. The Bertz CT molecular complexity index is 772. The lowest BCUT2D eigenvalue weighted by molar-refractivity contribution is 0.00670. The maximum absolute atomic E-state index is 9.77. The van der Waals surface area contributed by atoms with Crippen LogP contribution in [0, 0.1) is 0 Å². The van der Waals surface area contributed by atoms with Crippen molar-refractivity contribution in [3.05, 3.63) is 102 Å². The van der Waals surface area contributed by atoms with Crippen LogP contribution in [0.4, 0.5) is 0 Å². The average molecular weight is 362 g/mol. The van der Waals surface area contributed by atoms with Crippen LogP contribution < -0.4 is 0 Å². The van der Waals surface area contributed by atoms with Crippen LogP contribution in [0.5, 0.6) is 5.75 Å². The minimum Gasteiger partial charge on any atom is -0.508 e. The second-order valence-corrected chi connectivity index (χ2v) is 6.80. The predicted molar refractivity (Wildman–Crippen MR) is 108 cm³/mol. The van der Waals surface area contributed by atoms with Gasteiger partial charge in [-0.3, -0.25) is 0 Å². The Balaban J connectivity index is 2.11. The Morgan fingerprint density at radius 1 is 0.778 bits per heavy atom. The molecule has 2 N–H and O–H groups in total. The van der Waals surface area contributed by atoms with Crippen LogP contribution >= 0.6 is 0 Å². The summed E-state index contributed by atoms with van der Waals surface area (Å²) < 4.78 is 6.59. The summed E-state index contributed by atoms with van der Waals surface area (Å²) in [5.41, 5.74) is 2.22. The Kier molecular flexibility index (Phi) is 6.28. The van der Waals surface area contributed by atoms with E-state index >= 15 is 0 Å². The minimum atomic E-state index is -0.783. The first-order valence-electron chi connectivity index (χ1n) is 9.35. The normalized spacial score (nSPS) is 12.7. The number of hydrogen-bond acceptors (Lipinski definition) is 3. The Morgan fingerprint density at radius 3 is 1.74 bits per heavy atom. The Morgan fingerprint density at radius 2 is 1.26 bits per heavy atom. The van der Waals surface area contributed by atoms with E-state index in [1.54, 1.807) is 19.1 Å². The highest BCUT2D eigenvalue weighted by Crippen LogP contribution is 2.41. The zero-order chi connectivity index (χ0) is 19.1. The summed E-state index contributed by atoms with van der Waals surface area (Å²) >= 11 is 0. The molecule has 0 radical (unpaired) electrons. The molecule has 0 heterocycles. The molecule has 0 fully saturated rings. The summed E-state index contributed by atoms with van der Waals surface area (Å²) in [5, 5.41) is 19.4. The second kappa shape index (κ2) is 8.85. The van der Waals surface area contributed by atoms with Crippen molar-refractivity contribution in [2.45, 2.75) is 31.5 Å². The number of benzene rings is 3. The number of phenolic OH excluding ortho intramolecular Hbond substituents is 1. The van der Waals surface area contributed by atoms with Gasteiger partial charge < -0.3 is 14.9 Å². The molecule has 0 aliphatic carbocycles. The first-order chi connectivity index (χ1) is 13.1. The third-order valence-electron chi connectivity index (χ3n) is 4.72. The molecule has 3 nitrogen and oxygen atoms in total. The maximum atomic E-state index is 9.77. The standard InChI is InChI=1S/C24H26O3/c1-19(25)9-8-18-27-24(20-10-4-2-5-11-20,21-12-6-3-7-13-21)22-14-16-23(26)17-15-22/h2-7,10-17,19,25-26H,8-9,18H2,1H3. The van der Waals surface area contributed by atoms with E-state index in [4.69, 9.17) is 4.74 Å². The van der Waals surface area contributed by atoms with Crippen molar-refractivity contribution in [2.75, 3.05) is 6.61 Å².